The van der Waals surface area contributed by atoms with Crippen molar-refractivity contribution in [3.05, 3.63) is 35.9 Å². The monoisotopic (exact) mass is 310 g/mol. The number of benzene rings is 1. The molecule has 0 radical (unpaired) electrons. The summed E-state index contributed by atoms with van der Waals surface area (Å²) in [5.41, 5.74) is -1.56. The zero-order valence-electron chi connectivity index (χ0n) is 6.51. The summed E-state index contributed by atoms with van der Waals surface area (Å²) in [6.07, 6.45) is 0. The highest BCUT2D eigenvalue weighted by Gasteiger charge is 2.31. The van der Waals surface area contributed by atoms with Crippen LogP contribution in [0, 0.1) is 23.8 Å². The largest absolute Gasteiger partial charge is 0.502 e. The van der Waals surface area contributed by atoms with Gasteiger partial charge in [0.15, 0.2) is 0 Å². The van der Waals surface area contributed by atoms with Gasteiger partial charge in [-0.2, -0.15) is 0 Å². The van der Waals surface area contributed by atoms with Crippen LogP contribution in [-0.4, -0.2) is 15.0 Å². The van der Waals surface area contributed by atoms with Crippen molar-refractivity contribution < 1.29 is 15.0 Å². The molecule has 1 aromatic rings. The molecule has 1 N–H and O–H groups in total. The Hall–Kier alpha value is -1.45. The van der Waals surface area contributed by atoms with E-state index < -0.39 is 27.0 Å². The molecule has 0 aliphatic carbocycles. The van der Waals surface area contributed by atoms with Crippen LogP contribution >= 0.6 is 22.6 Å². The van der Waals surface area contributed by atoms with Crippen LogP contribution in [0.4, 0.5) is 11.4 Å². The predicted molar refractivity (Wildman–Crippen MR) is 54.1 cm³/mol. The lowest BCUT2D eigenvalue weighted by Crippen LogP contribution is -1.98. The first-order valence-electron chi connectivity index (χ1n) is 3.25. The Morgan fingerprint density at radius 2 is 1.64 bits per heavy atom. The molecule has 0 heterocycles. The third kappa shape index (κ3) is 1.73. The van der Waals surface area contributed by atoms with Crippen LogP contribution in [0.2, 0.25) is 0 Å². The van der Waals surface area contributed by atoms with E-state index in [0.717, 1.165) is 6.07 Å². The Morgan fingerprint density at radius 1 is 1.14 bits per heavy atom. The highest BCUT2D eigenvalue weighted by atomic mass is 127. The number of phenolic OH excluding ortho intramolecular Hbond substituents is 1. The smallest absolute Gasteiger partial charge is 0.388 e. The minimum Gasteiger partial charge on any atom is -0.502 e. The average molecular weight is 310 g/mol. The zero-order valence-corrected chi connectivity index (χ0v) is 8.66. The van der Waals surface area contributed by atoms with Crippen LogP contribution in [0.5, 0.6) is 5.75 Å². The normalized spacial score (nSPS) is 9.79. The Morgan fingerprint density at radius 3 is 2.00 bits per heavy atom. The van der Waals surface area contributed by atoms with E-state index in [1.807, 2.05) is 0 Å². The van der Waals surface area contributed by atoms with Crippen molar-refractivity contribution in [3.8, 4) is 5.75 Å². The van der Waals surface area contributed by atoms with Crippen LogP contribution in [0.1, 0.15) is 0 Å². The van der Waals surface area contributed by atoms with E-state index in [2.05, 4.69) is 0 Å². The van der Waals surface area contributed by atoms with Gasteiger partial charge in [0.1, 0.15) is 0 Å². The molecule has 0 aliphatic heterocycles. The number of phenols is 1. The van der Waals surface area contributed by atoms with Gasteiger partial charge in [0.25, 0.3) is 0 Å². The highest BCUT2D eigenvalue weighted by molar-refractivity contribution is 14.1. The molecular formula is C6H3IN2O5. The molecule has 0 amide bonds. The average Bonchev–Trinajstić information content (AvgIpc) is 2.07. The lowest BCUT2D eigenvalue weighted by Gasteiger charge is -1.98. The first kappa shape index (κ1) is 10.6. The summed E-state index contributed by atoms with van der Waals surface area (Å²) in [6.45, 7) is 0. The molecule has 0 atom stereocenters. The molecule has 0 bridgehead atoms. The van der Waals surface area contributed by atoms with Gasteiger partial charge in [0.2, 0.25) is 5.75 Å². The molecule has 0 fully saturated rings. The number of halogens is 1. The van der Waals surface area contributed by atoms with E-state index in [1.54, 1.807) is 22.6 Å². The van der Waals surface area contributed by atoms with E-state index in [0.29, 0.717) is 0 Å². The van der Waals surface area contributed by atoms with E-state index in [4.69, 9.17) is 5.11 Å². The van der Waals surface area contributed by atoms with Gasteiger partial charge in [0, 0.05) is 0 Å². The van der Waals surface area contributed by atoms with Gasteiger partial charge in [-0.15, -0.1) is 0 Å². The number of aromatic hydroxyl groups is 1. The minimum absolute atomic E-state index is 0.108. The van der Waals surface area contributed by atoms with Crippen molar-refractivity contribution in [2.75, 3.05) is 0 Å². The summed E-state index contributed by atoms with van der Waals surface area (Å²) in [6, 6.07) is 2.29. The quantitative estimate of drug-likeness (QED) is 0.509. The van der Waals surface area contributed by atoms with Gasteiger partial charge in [0.05, 0.1) is 13.4 Å². The van der Waals surface area contributed by atoms with E-state index in [9.17, 15) is 20.2 Å². The number of hydrogen-bond donors (Lipinski definition) is 1. The lowest BCUT2D eigenvalue weighted by molar-refractivity contribution is -0.423. The van der Waals surface area contributed by atoms with Crippen LogP contribution in [0.15, 0.2) is 12.1 Å². The molecule has 0 unspecified atom stereocenters. The van der Waals surface area contributed by atoms with Crippen molar-refractivity contribution >= 4 is 34.0 Å². The maximum atomic E-state index is 10.5. The SMILES string of the molecule is O=[N+]([O-])c1c(O)ccc(I)c1[N+](=O)[O-]. The summed E-state index contributed by atoms with van der Waals surface area (Å²) in [5, 5.41) is 30.0. The molecule has 0 aliphatic rings. The summed E-state index contributed by atoms with van der Waals surface area (Å²) in [7, 11) is 0. The molecule has 7 nitrogen and oxygen atoms in total. The second-order valence-corrected chi connectivity index (χ2v) is 3.44. The minimum atomic E-state index is -0.977. The van der Waals surface area contributed by atoms with Gasteiger partial charge < -0.3 is 5.11 Å². The first-order chi connectivity index (χ1) is 6.45. The fraction of sp³-hybridized carbons (Fsp3) is 0. The van der Waals surface area contributed by atoms with E-state index in [1.165, 1.54) is 6.07 Å². The molecule has 0 aromatic heterocycles. The van der Waals surface area contributed by atoms with Crippen molar-refractivity contribution in [2.24, 2.45) is 0 Å². The molecule has 0 saturated carbocycles. The molecule has 8 heteroatoms. The summed E-state index contributed by atoms with van der Waals surface area (Å²) in [4.78, 5) is 19.1. The fourth-order valence-corrected chi connectivity index (χ4v) is 1.53. The molecule has 1 rings (SSSR count). The van der Waals surface area contributed by atoms with E-state index >= 15 is 0 Å². The summed E-state index contributed by atoms with van der Waals surface area (Å²) >= 11 is 1.59. The van der Waals surface area contributed by atoms with Crippen LogP contribution in [0.3, 0.4) is 0 Å². The Balaban J connectivity index is 3.58. The van der Waals surface area contributed by atoms with Crippen molar-refractivity contribution in [1.82, 2.24) is 0 Å². The Labute approximate surface area is 90.8 Å². The molecule has 74 valence electrons. The second kappa shape index (κ2) is 3.74. The predicted octanol–water partition coefficient (Wildman–Crippen LogP) is 1.81. The van der Waals surface area contributed by atoms with Gasteiger partial charge in [-0.1, -0.05) is 0 Å². The van der Waals surface area contributed by atoms with Gasteiger partial charge in [-0.05, 0) is 34.7 Å². The highest BCUT2D eigenvalue weighted by Crippen LogP contribution is 2.38. The van der Waals surface area contributed by atoms with Crippen molar-refractivity contribution in [3.63, 3.8) is 0 Å². The Bertz CT molecular complexity index is 380. The molecule has 14 heavy (non-hydrogen) atoms. The van der Waals surface area contributed by atoms with Crippen LogP contribution in [0.25, 0.3) is 0 Å². The molecule has 0 spiro atoms. The molecular weight excluding hydrogens is 307 g/mol. The number of nitrogens with zero attached hydrogens (tertiary/aromatic N) is 2. The summed E-state index contributed by atoms with van der Waals surface area (Å²) in [5.74, 6) is -0.706. The lowest BCUT2D eigenvalue weighted by atomic mass is 10.2. The van der Waals surface area contributed by atoms with Gasteiger partial charge >= 0.3 is 11.4 Å². The maximum Gasteiger partial charge on any atom is 0.388 e. The standard InChI is InChI=1S/C6H3IN2O5/c7-3-1-2-4(10)6(9(13)14)5(3)8(11)12/h1-2,10H. The fourth-order valence-electron chi connectivity index (χ4n) is 0.898. The van der Waals surface area contributed by atoms with Gasteiger partial charge in [-0.3, -0.25) is 20.2 Å². The topological polar surface area (TPSA) is 107 Å². The van der Waals surface area contributed by atoms with Crippen LogP contribution < -0.4 is 0 Å². The van der Waals surface area contributed by atoms with Gasteiger partial charge in [-0.25, -0.2) is 0 Å². The zero-order chi connectivity index (χ0) is 10.9. The molecule has 1 aromatic carbocycles. The third-order valence-electron chi connectivity index (χ3n) is 1.45. The number of nitro groups is 2. The Kier molecular flexibility index (Phi) is 2.84. The van der Waals surface area contributed by atoms with Crippen molar-refractivity contribution in [1.29, 1.82) is 0 Å². The third-order valence-corrected chi connectivity index (χ3v) is 2.32. The maximum absolute atomic E-state index is 10.5. The number of nitro benzene ring substituents is 2. The second-order valence-electron chi connectivity index (χ2n) is 2.28. The first-order valence-corrected chi connectivity index (χ1v) is 4.33. The van der Waals surface area contributed by atoms with Crippen LogP contribution in [-0.2, 0) is 0 Å². The van der Waals surface area contributed by atoms with E-state index in [-0.39, 0.29) is 3.57 Å². The van der Waals surface area contributed by atoms with Crippen molar-refractivity contribution in [2.45, 2.75) is 0 Å². The molecule has 0 saturated heterocycles. The number of hydrogen-bond acceptors (Lipinski definition) is 5. The summed E-state index contributed by atoms with van der Waals surface area (Å²) < 4.78 is 0.108. The number of rotatable bonds is 2.